The van der Waals surface area contributed by atoms with Crippen LogP contribution >= 0.6 is 0 Å². The average Bonchev–Trinajstić information content (AvgIpc) is 3.18. The molecule has 3 atom stereocenters. The van der Waals surface area contributed by atoms with Crippen LogP contribution in [0, 0.1) is 11.8 Å². The van der Waals surface area contributed by atoms with Crippen LogP contribution in [0.3, 0.4) is 0 Å². The lowest BCUT2D eigenvalue weighted by Gasteiger charge is -2.22. The molecule has 3 unspecified atom stereocenters. The Kier molecular flexibility index (Phi) is 3.33. The number of fused-ring (bicyclic) bond motifs is 2. The molecule has 2 aliphatic rings. The van der Waals surface area contributed by atoms with E-state index in [2.05, 4.69) is 17.1 Å². The van der Waals surface area contributed by atoms with Crippen LogP contribution in [-0.4, -0.2) is 10.8 Å². The maximum absolute atomic E-state index is 11.6. The number of aromatic nitrogens is 1. The van der Waals surface area contributed by atoms with Crippen molar-refractivity contribution < 1.29 is 4.79 Å². The molecule has 0 saturated heterocycles. The van der Waals surface area contributed by atoms with Gasteiger partial charge < -0.3 is 0 Å². The van der Waals surface area contributed by atoms with Gasteiger partial charge in [-0.2, -0.15) is 0 Å². The van der Waals surface area contributed by atoms with Crippen molar-refractivity contribution in [1.82, 2.24) is 4.98 Å². The SMILES string of the molecule is CC(=O)c1cccc(-c2cncc(C3CC4CCC3C4)c2)c1. The molecule has 0 radical (unpaired) electrons. The quantitative estimate of drug-likeness (QED) is 0.756. The molecule has 0 aliphatic heterocycles. The minimum Gasteiger partial charge on any atom is -0.295 e. The second-order valence-corrected chi connectivity index (χ2v) is 6.93. The van der Waals surface area contributed by atoms with Gasteiger partial charge in [0, 0.05) is 23.5 Å². The molecule has 2 nitrogen and oxygen atoms in total. The summed E-state index contributed by atoms with van der Waals surface area (Å²) in [5, 5.41) is 0. The van der Waals surface area contributed by atoms with Gasteiger partial charge >= 0.3 is 0 Å². The van der Waals surface area contributed by atoms with E-state index in [0.717, 1.165) is 28.5 Å². The van der Waals surface area contributed by atoms with Gasteiger partial charge in [0.2, 0.25) is 0 Å². The van der Waals surface area contributed by atoms with Gasteiger partial charge in [0.05, 0.1) is 0 Å². The third-order valence-electron chi connectivity index (χ3n) is 5.53. The van der Waals surface area contributed by atoms with E-state index in [1.807, 2.05) is 30.6 Å². The smallest absolute Gasteiger partial charge is 0.159 e. The second kappa shape index (κ2) is 5.35. The van der Waals surface area contributed by atoms with E-state index in [1.54, 1.807) is 6.92 Å². The van der Waals surface area contributed by atoms with Gasteiger partial charge in [-0.3, -0.25) is 9.78 Å². The number of carbonyl (C=O) groups excluding carboxylic acids is 1. The molecule has 2 bridgehead atoms. The molecule has 2 saturated carbocycles. The number of nitrogens with zero attached hydrogens (tertiary/aromatic N) is 1. The van der Waals surface area contributed by atoms with E-state index < -0.39 is 0 Å². The number of ketones is 1. The number of benzene rings is 1. The highest BCUT2D eigenvalue weighted by Gasteiger charge is 2.40. The van der Waals surface area contributed by atoms with Crippen LogP contribution in [0.5, 0.6) is 0 Å². The van der Waals surface area contributed by atoms with E-state index in [4.69, 9.17) is 0 Å². The molecule has 112 valence electrons. The zero-order chi connectivity index (χ0) is 15.1. The van der Waals surface area contributed by atoms with E-state index in [-0.39, 0.29) is 5.78 Å². The van der Waals surface area contributed by atoms with Crippen molar-refractivity contribution in [3.8, 4) is 11.1 Å². The Balaban J connectivity index is 1.67. The van der Waals surface area contributed by atoms with Crippen molar-refractivity contribution in [2.24, 2.45) is 11.8 Å². The molecule has 4 rings (SSSR count). The Hall–Kier alpha value is -1.96. The predicted octanol–water partition coefficient (Wildman–Crippen LogP) is 4.85. The zero-order valence-electron chi connectivity index (χ0n) is 13.0. The zero-order valence-corrected chi connectivity index (χ0v) is 13.0. The molecular formula is C20H21NO. The third-order valence-corrected chi connectivity index (χ3v) is 5.53. The molecule has 22 heavy (non-hydrogen) atoms. The van der Waals surface area contributed by atoms with Crippen LogP contribution in [-0.2, 0) is 0 Å². The number of rotatable bonds is 3. The molecule has 2 aliphatic carbocycles. The first-order chi connectivity index (χ1) is 10.7. The first kappa shape index (κ1) is 13.7. The Morgan fingerprint density at radius 3 is 2.73 bits per heavy atom. The van der Waals surface area contributed by atoms with Crippen molar-refractivity contribution in [2.75, 3.05) is 0 Å². The second-order valence-electron chi connectivity index (χ2n) is 6.93. The summed E-state index contributed by atoms with van der Waals surface area (Å²) in [5.41, 5.74) is 4.37. The molecule has 2 heteroatoms. The van der Waals surface area contributed by atoms with Crippen molar-refractivity contribution in [2.45, 2.75) is 38.5 Å². The largest absolute Gasteiger partial charge is 0.295 e. The molecule has 2 aromatic rings. The first-order valence-corrected chi connectivity index (χ1v) is 8.27. The Morgan fingerprint density at radius 2 is 2.00 bits per heavy atom. The maximum Gasteiger partial charge on any atom is 0.159 e. The minimum atomic E-state index is 0.110. The van der Waals surface area contributed by atoms with E-state index in [1.165, 1.54) is 31.2 Å². The predicted molar refractivity (Wildman–Crippen MR) is 87.9 cm³/mol. The van der Waals surface area contributed by atoms with E-state index >= 15 is 0 Å². The summed E-state index contributed by atoms with van der Waals surface area (Å²) in [7, 11) is 0. The fourth-order valence-corrected chi connectivity index (χ4v) is 4.39. The Morgan fingerprint density at radius 1 is 1.09 bits per heavy atom. The Labute approximate surface area is 131 Å². The fourth-order valence-electron chi connectivity index (χ4n) is 4.39. The highest BCUT2D eigenvalue weighted by atomic mass is 16.1. The third kappa shape index (κ3) is 2.37. The lowest BCUT2D eigenvalue weighted by molar-refractivity contribution is 0.101. The first-order valence-electron chi connectivity index (χ1n) is 8.27. The lowest BCUT2D eigenvalue weighted by atomic mass is 9.83. The minimum absolute atomic E-state index is 0.110. The normalized spacial score (nSPS) is 26.3. The van der Waals surface area contributed by atoms with Crippen LogP contribution in [0.1, 0.15) is 54.4 Å². The topological polar surface area (TPSA) is 30.0 Å². The summed E-state index contributed by atoms with van der Waals surface area (Å²) in [6.07, 6.45) is 9.52. The van der Waals surface area contributed by atoms with Gasteiger partial charge in [-0.1, -0.05) is 24.6 Å². The Bertz CT molecular complexity index is 721. The molecule has 2 fully saturated rings. The highest BCUT2D eigenvalue weighted by molar-refractivity contribution is 5.95. The van der Waals surface area contributed by atoms with Crippen LogP contribution in [0.15, 0.2) is 42.7 Å². The van der Waals surface area contributed by atoms with Crippen molar-refractivity contribution in [1.29, 1.82) is 0 Å². The number of Topliss-reactive ketones (excluding diaryl/α,β-unsaturated/α-hetero) is 1. The molecule has 0 spiro atoms. The van der Waals surface area contributed by atoms with Gasteiger partial charge in [0.15, 0.2) is 5.78 Å². The van der Waals surface area contributed by atoms with Gasteiger partial charge in [-0.25, -0.2) is 0 Å². The standard InChI is InChI=1S/C20H21NO/c1-13(22)15-3-2-4-16(9-15)18-10-19(12-21-11-18)20-8-14-5-6-17(20)7-14/h2-4,9-12,14,17,20H,5-8H2,1H3. The molecule has 1 aromatic carbocycles. The number of hydrogen-bond donors (Lipinski definition) is 0. The van der Waals surface area contributed by atoms with Crippen LogP contribution < -0.4 is 0 Å². The summed E-state index contributed by atoms with van der Waals surface area (Å²) in [4.78, 5) is 16.1. The lowest BCUT2D eigenvalue weighted by Crippen LogP contribution is -2.08. The van der Waals surface area contributed by atoms with Gasteiger partial charge in [0.25, 0.3) is 0 Å². The van der Waals surface area contributed by atoms with Gasteiger partial charge in [0.1, 0.15) is 0 Å². The molecule has 1 heterocycles. The summed E-state index contributed by atoms with van der Waals surface area (Å²) >= 11 is 0. The van der Waals surface area contributed by atoms with Crippen molar-refractivity contribution in [3.05, 3.63) is 53.9 Å². The maximum atomic E-state index is 11.6. The van der Waals surface area contributed by atoms with Crippen molar-refractivity contribution >= 4 is 5.78 Å². The summed E-state index contributed by atoms with van der Waals surface area (Å²) in [6, 6.07) is 10.2. The average molecular weight is 291 g/mol. The van der Waals surface area contributed by atoms with Gasteiger partial charge in [-0.15, -0.1) is 0 Å². The highest BCUT2D eigenvalue weighted by Crippen LogP contribution is 2.52. The summed E-state index contributed by atoms with van der Waals surface area (Å²) < 4.78 is 0. The molecule has 0 N–H and O–H groups in total. The number of hydrogen-bond acceptors (Lipinski definition) is 2. The van der Waals surface area contributed by atoms with Crippen molar-refractivity contribution in [3.63, 3.8) is 0 Å². The number of pyridine rings is 1. The summed E-state index contributed by atoms with van der Waals surface area (Å²) in [6.45, 7) is 1.61. The number of carbonyl (C=O) groups is 1. The molecule has 1 aromatic heterocycles. The van der Waals surface area contributed by atoms with Crippen LogP contribution in [0.2, 0.25) is 0 Å². The van der Waals surface area contributed by atoms with Crippen LogP contribution in [0.4, 0.5) is 0 Å². The van der Waals surface area contributed by atoms with E-state index in [0.29, 0.717) is 5.92 Å². The summed E-state index contributed by atoms with van der Waals surface area (Å²) in [5.74, 6) is 2.62. The van der Waals surface area contributed by atoms with E-state index in [9.17, 15) is 4.79 Å². The molecular weight excluding hydrogens is 270 g/mol. The fraction of sp³-hybridized carbons (Fsp3) is 0.400. The van der Waals surface area contributed by atoms with Crippen LogP contribution in [0.25, 0.3) is 11.1 Å². The molecule has 0 amide bonds. The van der Waals surface area contributed by atoms with Gasteiger partial charge in [-0.05, 0) is 67.2 Å². The monoisotopic (exact) mass is 291 g/mol.